The van der Waals surface area contributed by atoms with Crippen molar-refractivity contribution < 1.29 is 14.3 Å². The number of carbonyl (C=O) groups is 2. The molecule has 0 spiro atoms. The first kappa shape index (κ1) is 20.7. The number of carbonyl (C=O) groups excluding carboxylic acids is 2. The Morgan fingerprint density at radius 1 is 0.871 bits per heavy atom. The van der Waals surface area contributed by atoms with Crippen LogP contribution in [0.15, 0.2) is 66.7 Å². The fourth-order valence-electron chi connectivity index (χ4n) is 4.00. The van der Waals surface area contributed by atoms with E-state index in [9.17, 15) is 9.59 Å². The van der Waals surface area contributed by atoms with Gasteiger partial charge in [-0.15, -0.1) is 0 Å². The van der Waals surface area contributed by atoms with E-state index in [-0.39, 0.29) is 18.4 Å². The van der Waals surface area contributed by atoms with Gasteiger partial charge in [0.15, 0.2) is 0 Å². The number of nitrogens with zero attached hydrogens (tertiary/aromatic N) is 2. The predicted molar refractivity (Wildman–Crippen MR) is 123 cm³/mol. The van der Waals surface area contributed by atoms with Crippen molar-refractivity contribution in [3.8, 4) is 5.75 Å². The molecule has 3 aromatic rings. The summed E-state index contributed by atoms with van der Waals surface area (Å²) in [4.78, 5) is 30.5. The number of benzene rings is 3. The van der Waals surface area contributed by atoms with Crippen LogP contribution in [-0.4, -0.2) is 25.5 Å². The zero-order valence-corrected chi connectivity index (χ0v) is 18.3. The number of aryl methyl sites for hydroxylation is 2. The molecule has 0 saturated carbocycles. The molecule has 1 unspecified atom stereocenters. The summed E-state index contributed by atoms with van der Waals surface area (Å²) < 4.78 is 5.27. The Morgan fingerprint density at radius 2 is 1.55 bits per heavy atom. The molecule has 0 radical (unpaired) electrons. The van der Waals surface area contributed by atoms with Crippen molar-refractivity contribution >= 4 is 23.2 Å². The smallest absolute Gasteiger partial charge is 0.255 e. The molecule has 1 atom stereocenters. The Labute approximate surface area is 182 Å². The van der Waals surface area contributed by atoms with Crippen LogP contribution < -0.4 is 14.5 Å². The fraction of sp³-hybridized carbons (Fsp3) is 0.231. The number of rotatable bonds is 4. The van der Waals surface area contributed by atoms with E-state index in [2.05, 4.69) is 0 Å². The van der Waals surface area contributed by atoms with Crippen LogP contribution in [0.5, 0.6) is 5.75 Å². The summed E-state index contributed by atoms with van der Waals surface area (Å²) in [5.41, 5.74) is 5.42. The molecule has 1 saturated heterocycles. The molecule has 0 aliphatic carbocycles. The van der Waals surface area contributed by atoms with E-state index in [0.29, 0.717) is 11.4 Å². The summed E-state index contributed by atoms with van der Waals surface area (Å²) in [5, 5.41) is 0. The highest BCUT2D eigenvalue weighted by Gasteiger charge is 2.42. The Morgan fingerprint density at radius 3 is 2.19 bits per heavy atom. The number of piperazine rings is 1. The molecule has 31 heavy (non-hydrogen) atoms. The summed E-state index contributed by atoms with van der Waals surface area (Å²) >= 11 is 0. The van der Waals surface area contributed by atoms with E-state index in [1.165, 1.54) is 0 Å². The molecule has 1 fully saturated rings. The van der Waals surface area contributed by atoms with Gasteiger partial charge in [0, 0.05) is 11.4 Å². The van der Waals surface area contributed by atoms with Gasteiger partial charge in [0.1, 0.15) is 18.3 Å². The third kappa shape index (κ3) is 3.79. The van der Waals surface area contributed by atoms with Crippen molar-refractivity contribution in [2.24, 2.45) is 0 Å². The van der Waals surface area contributed by atoms with Gasteiger partial charge in [0.25, 0.3) is 5.91 Å². The highest BCUT2D eigenvalue weighted by Crippen LogP contribution is 2.36. The number of hydrogen-bond acceptors (Lipinski definition) is 3. The maximum Gasteiger partial charge on any atom is 0.255 e. The number of hydrogen-bond donors (Lipinski definition) is 0. The van der Waals surface area contributed by atoms with E-state index in [1.807, 2.05) is 87.5 Å². The summed E-state index contributed by atoms with van der Waals surface area (Å²) in [5.74, 6) is 0.454. The van der Waals surface area contributed by atoms with Gasteiger partial charge in [-0.3, -0.25) is 14.5 Å². The van der Waals surface area contributed by atoms with Gasteiger partial charge in [-0.05, 0) is 67.8 Å². The van der Waals surface area contributed by atoms with E-state index in [0.717, 1.165) is 27.9 Å². The minimum absolute atomic E-state index is 0.00363. The van der Waals surface area contributed by atoms with E-state index in [1.54, 1.807) is 16.9 Å². The van der Waals surface area contributed by atoms with E-state index in [4.69, 9.17) is 4.74 Å². The lowest BCUT2D eigenvalue weighted by Gasteiger charge is -2.41. The first-order valence-electron chi connectivity index (χ1n) is 10.3. The largest absolute Gasteiger partial charge is 0.497 e. The minimum atomic E-state index is -0.755. The van der Waals surface area contributed by atoms with Crippen LogP contribution in [0.25, 0.3) is 0 Å². The summed E-state index contributed by atoms with van der Waals surface area (Å²) in [6, 6.07) is 20.1. The van der Waals surface area contributed by atoms with Crippen LogP contribution in [-0.2, 0) is 9.59 Å². The van der Waals surface area contributed by atoms with Crippen molar-refractivity contribution in [2.75, 3.05) is 23.5 Å². The molecule has 2 amide bonds. The van der Waals surface area contributed by atoms with Gasteiger partial charge < -0.3 is 9.64 Å². The first-order valence-corrected chi connectivity index (χ1v) is 10.3. The average Bonchev–Trinajstić information content (AvgIpc) is 2.78. The van der Waals surface area contributed by atoms with Crippen LogP contribution >= 0.6 is 0 Å². The zero-order chi connectivity index (χ0) is 22.1. The molecular weight excluding hydrogens is 388 g/mol. The van der Waals surface area contributed by atoms with Gasteiger partial charge >= 0.3 is 0 Å². The van der Waals surface area contributed by atoms with Gasteiger partial charge in [-0.1, -0.05) is 42.0 Å². The second-order valence-electron chi connectivity index (χ2n) is 7.92. The Balaban J connectivity index is 1.83. The van der Waals surface area contributed by atoms with Gasteiger partial charge in [-0.2, -0.15) is 0 Å². The standard InChI is InChI=1S/C26H26N2O3/c1-17-8-12-21(13-9-17)28-24(29)16-27(23-7-5-6-18(2)19(23)3)26(30)25(28)20-10-14-22(31-4)15-11-20/h5-15,25H,16H2,1-4H3. The Bertz CT molecular complexity index is 1120. The number of ether oxygens (including phenoxy) is 1. The van der Waals surface area contributed by atoms with Crippen molar-refractivity contribution in [2.45, 2.75) is 26.8 Å². The van der Waals surface area contributed by atoms with E-state index < -0.39 is 6.04 Å². The number of amides is 2. The Kier molecular flexibility index (Phi) is 5.51. The maximum atomic E-state index is 13.8. The third-order valence-corrected chi connectivity index (χ3v) is 5.93. The SMILES string of the molecule is COc1ccc(C2C(=O)N(c3cccc(C)c3C)CC(=O)N2c2ccc(C)cc2)cc1. The molecule has 1 heterocycles. The quantitative estimate of drug-likeness (QED) is 0.620. The highest BCUT2D eigenvalue weighted by molar-refractivity contribution is 6.14. The van der Waals surface area contributed by atoms with Crippen molar-refractivity contribution in [1.29, 1.82) is 0 Å². The number of methoxy groups -OCH3 is 1. The van der Waals surface area contributed by atoms with Gasteiger partial charge in [-0.25, -0.2) is 0 Å². The molecule has 4 rings (SSSR count). The second-order valence-corrected chi connectivity index (χ2v) is 7.92. The summed E-state index contributed by atoms with van der Waals surface area (Å²) in [7, 11) is 1.60. The van der Waals surface area contributed by atoms with Crippen LogP contribution in [0, 0.1) is 20.8 Å². The van der Waals surface area contributed by atoms with Crippen LogP contribution in [0.1, 0.15) is 28.3 Å². The molecule has 5 heteroatoms. The van der Waals surface area contributed by atoms with Crippen LogP contribution in [0.2, 0.25) is 0 Å². The topological polar surface area (TPSA) is 49.9 Å². The average molecular weight is 415 g/mol. The van der Waals surface area contributed by atoms with Crippen LogP contribution in [0.4, 0.5) is 11.4 Å². The molecule has 1 aliphatic heterocycles. The predicted octanol–water partition coefficient (Wildman–Crippen LogP) is 4.74. The molecule has 0 N–H and O–H groups in total. The number of anilines is 2. The lowest BCUT2D eigenvalue weighted by atomic mass is 9.98. The first-order chi connectivity index (χ1) is 14.9. The summed E-state index contributed by atoms with van der Waals surface area (Å²) in [6.45, 7) is 5.99. The van der Waals surface area contributed by atoms with Crippen molar-refractivity contribution in [1.82, 2.24) is 0 Å². The molecule has 5 nitrogen and oxygen atoms in total. The molecule has 0 bridgehead atoms. The third-order valence-electron chi connectivity index (χ3n) is 5.93. The lowest BCUT2D eigenvalue weighted by molar-refractivity contribution is -0.128. The monoisotopic (exact) mass is 414 g/mol. The molecular formula is C26H26N2O3. The fourth-order valence-corrected chi connectivity index (χ4v) is 4.00. The second kappa shape index (κ2) is 8.26. The molecule has 0 aromatic heterocycles. The zero-order valence-electron chi connectivity index (χ0n) is 18.3. The van der Waals surface area contributed by atoms with Gasteiger partial charge in [0.2, 0.25) is 5.91 Å². The minimum Gasteiger partial charge on any atom is -0.497 e. The maximum absolute atomic E-state index is 13.8. The van der Waals surface area contributed by atoms with Gasteiger partial charge in [0.05, 0.1) is 7.11 Å². The van der Waals surface area contributed by atoms with Crippen molar-refractivity contribution in [3.05, 3.63) is 89.0 Å². The van der Waals surface area contributed by atoms with Crippen molar-refractivity contribution in [3.63, 3.8) is 0 Å². The van der Waals surface area contributed by atoms with Crippen LogP contribution in [0.3, 0.4) is 0 Å². The lowest BCUT2D eigenvalue weighted by Crippen LogP contribution is -2.56. The Hall–Kier alpha value is -3.60. The normalized spacial score (nSPS) is 16.6. The summed E-state index contributed by atoms with van der Waals surface area (Å²) in [6.07, 6.45) is 0. The molecule has 3 aromatic carbocycles. The molecule has 1 aliphatic rings. The molecule has 158 valence electrons. The van der Waals surface area contributed by atoms with E-state index >= 15 is 0 Å². The highest BCUT2D eigenvalue weighted by atomic mass is 16.5.